The van der Waals surface area contributed by atoms with Crippen LogP contribution in [0, 0.1) is 0 Å². The number of anilines is 2. The molecule has 2 aromatic rings. The zero-order chi connectivity index (χ0) is 20.6. The molecule has 0 saturated heterocycles. The molecule has 159 valence electrons. The second-order valence-corrected chi connectivity index (χ2v) is 6.46. The zero-order valence-corrected chi connectivity index (χ0v) is 15.9. The fraction of sp³-hybridized carbons (Fsp3) is 0.200. The molecule has 4 rings (SSSR count). The van der Waals surface area contributed by atoms with Gasteiger partial charge in [0.1, 0.15) is 5.70 Å². The highest BCUT2D eigenvalue weighted by atomic mass is 19.4. The molecule has 2 aliphatic heterocycles. The first-order valence-electron chi connectivity index (χ1n) is 8.86. The first-order valence-corrected chi connectivity index (χ1v) is 8.86. The van der Waals surface area contributed by atoms with Gasteiger partial charge in [0, 0.05) is 24.9 Å². The van der Waals surface area contributed by atoms with E-state index in [9.17, 15) is 18.3 Å². The molecule has 0 atom stereocenters. The second-order valence-electron chi connectivity index (χ2n) is 6.46. The molecule has 0 spiro atoms. The topological polar surface area (TPSA) is 93.6 Å². The summed E-state index contributed by atoms with van der Waals surface area (Å²) >= 11 is 0. The number of aliphatic hydroxyl groups excluding tert-OH is 1. The quantitative estimate of drug-likeness (QED) is 0.724. The van der Waals surface area contributed by atoms with Gasteiger partial charge in [0.15, 0.2) is 0 Å². The maximum absolute atomic E-state index is 12.8. The standard InChI is InChI=1S/C20H18F3N4O2.H2O/c1-29-11-10-24-16-12-18-19(28)26(14-8-6-13(7-9-14)20(21,22)23)25-27(18)17-5-3-2-4-15(16)17;/h2-9,12,24,28H,10-11H2,1H3;1H2. The summed E-state index contributed by atoms with van der Waals surface area (Å²) < 4.78 is 43.5. The predicted molar refractivity (Wildman–Crippen MR) is 106 cm³/mol. The van der Waals surface area contributed by atoms with Crippen LogP contribution in [-0.2, 0) is 10.9 Å². The number of nitrogens with zero attached hydrogens (tertiary/aromatic N) is 3. The van der Waals surface area contributed by atoms with Gasteiger partial charge in [-0.3, -0.25) is 0 Å². The van der Waals surface area contributed by atoms with Crippen LogP contribution in [0.2, 0.25) is 0 Å². The van der Waals surface area contributed by atoms with Crippen molar-refractivity contribution in [1.82, 2.24) is 10.9 Å². The molecule has 0 aromatic heterocycles. The summed E-state index contributed by atoms with van der Waals surface area (Å²) in [7, 11) is 1.61. The smallest absolute Gasteiger partial charge is 0.416 e. The van der Waals surface area contributed by atoms with E-state index in [1.54, 1.807) is 18.2 Å². The van der Waals surface area contributed by atoms with Crippen molar-refractivity contribution in [3.05, 3.63) is 77.3 Å². The molecular weight excluding hydrogens is 401 g/mol. The van der Waals surface area contributed by atoms with E-state index in [2.05, 4.69) is 10.9 Å². The van der Waals surface area contributed by atoms with Crippen molar-refractivity contribution in [2.75, 3.05) is 30.3 Å². The number of methoxy groups -OCH3 is 1. The third-order valence-corrected chi connectivity index (χ3v) is 4.60. The first-order chi connectivity index (χ1) is 13.9. The number of hydrogen-bond donors (Lipinski definition) is 2. The molecule has 0 unspecified atom stereocenters. The largest absolute Gasteiger partial charge is 0.492 e. The number of para-hydroxylation sites is 1. The molecule has 1 radical (unpaired) electrons. The van der Waals surface area contributed by atoms with Crippen molar-refractivity contribution in [3.63, 3.8) is 0 Å². The minimum atomic E-state index is -4.43. The Labute approximate surface area is 170 Å². The van der Waals surface area contributed by atoms with Crippen LogP contribution in [0.3, 0.4) is 0 Å². The normalized spacial score (nSPS) is 15.4. The van der Waals surface area contributed by atoms with Crippen LogP contribution in [-0.4, -0.2) is 30.8 Å². The Kier molecular flexibility index (Phi) is 5.92. The van der Waals surface area contributed by atoms with Crippen molar-refractivity contribution >= 4 is 17.1 Å². The molecular formula is C20H20F3N4O3. The van der Waals surface area contributed by atoms with Gasteiger partial charge in [-0.15, -0.1) is 0 Å². The van der Waals surface area contributed by atoms with Crippen LogP contribution in [0.5, 0.6) is 0 Å². The second kappa shape index (κ2) is 8.27. The number of alkyl halides is 3. The lowest BCUT2D eigenvalue weighted by atomic mass is 10.0. The molecule has 0 aliphatic carbocycles. The zero-order valence-electron chi connectivity index (χ0n) is 15.9. The van der Waals surface area contributed by atoms with E-state index >= 15 is 0 Å². The van der Waals surface area contributed by atoms with Gasteiger partial charge in [-0.05, 0) is 41.9 Å². The minimum Gasteiger partial charge on any atom is -0.492 e. The lowest BCUT2D eigenvalue weighted by Crippen LogP contribution is -2.36. The van der Waals surface area contributed by atoms with Gasteiger partial charge in [-0.25, -0.2) is 10.0 Å². The average Bonchev–Trinajstić information content (AvgIpc) is 3.04. The van der Waals surface area contributed by atoms with Gasteiger partial charge >= 0.3 is 6.18 Å². The number of allylic oxidation sites excluding steroid dienone is 1. The molecule has 2 aliphatic rings. The summed E-state index contributed by atoms with van der Waals surface area (Å²) in [5.74, 6) is -0.176. The molecule has 7 nitrogen and oxygen atoms in total. The Morgan fingerprint density at radius 1 is 1.07 bits per heavy atom. The van der Waals surface area contributed by atoms with Crippen LogP contribution in [0.15, 0.2) is 66.2 Å². The summed E-state index contributed by atoms with van der Waals surface area (Å²) in [5.41, 5.74) is 6.78. The van der Waals surface area contributed by atoms with E-state index in [-0.39, 0.29) is 11.4 Å². The average molecular weight is 421 g/mol. The van der Waals surface area contributed by atoms with Crippen LogP contribution >= 0.6 is 0 Å². The molecule has 0 fully saturated rings. The summed E-state index contributed by atoms with van der Waals surface area (Å²) in [5, 5.41) is 16.8. The van der Waals surface area contributed by atoms with Crippen LogP contribution in [0.25, 0.3) is 5.70 Å². The molecule has 0 amide bonds. The molecule has 0 saturated carbocycles. The third-order valence-electron chi connectivity index (χ3n) is 4.60. The van der Waals surface area contributed by atoms with E-state index in [0.717, 1.165) is 29.1 Å². The fourth-order valence-electron chi connectivity index (χ4n) is 3.19. The Hall–Kier alpha value is -3.21. The lowest BCUT2D eigenvalue weighted by molar-refractivity contribution is -0.137. The van der Waals surface area contributed by atoms with E-state index in [0.29, 0.717) is 24.5 Å². The highest BCUT2D eigenvalue weighted by molar-refractivity contribution is 5.84. The predicted octanol–water partition coefficient (Wildman–Crippen LogP) is 2.96. The van der Waals surface area contributed by atoms with Gasteiger partial charge in [-0.1, -0.05) is 18.2 Å². The van der Waals surface area contributed by atoms with Gasteiger partial charge in [-0.2, -0.15) is 13.2 Å². The van der Waals surface area contributed by atoms with Gasteiger partial charge in [0.05, 0.1) is 23.5 Å². The number of nitrogens with one attached hydrogen (secondary N) is 1. The molecule has 2 heterocycles. The number of benzene rings is 2. The van der Waals surface area contributed by atoms with Crippen LogP contribution < -0.4 is 20.9 Å². The first kappa shape index (κ1) is 21.5. The summed E-state index contributed by atoms with van der Waals surface area (Å²) in [6.45, 7) is 1.08. The molecule has 10 heteroatoms. The Bertz CT molecular complexity index is 974. The van der Waals surface area contributed by atoms with E-state index in [1.165, 1.54) is 17.1 Å². The molecule has 30 heavy (non-hydrogen) atoms. The van der Waals surface area contributed by atoms with E-state index in [4.69, 9.17) is 4.74 Å². The van der Waals surface area contributed by atoms with Crippen molar-refractivity contribution < 1.29 is 28.5 Å². The molecule has 2 aromatic carbocycles. The summed E-state index contributed by atoms with van der Waals surface area (Å²) in [6.07, 6.45) is -2.68. The van der Waals surface area contributed by atoms with E-state index in [1.807, 2.05) is 24.3 Å². The van der Waals surface area contributed by atoms with Crippen molar-refractivity contribution in [2.24, 2.45) is 0 Å². The van der Waals surface area contributed by atoms with E-state index < -0.39 is 11.7 Å². The molecule has 0 bridgehead atoms. The van der Waals surface area contributed by atoms with Crippen LogP contribution in [0.1, 0.15) is 11.1 Å². The lowest BCUT2D eigenvalue weighted by Gasteiger charge is -2.27. The Balaban J connectivity index is 0.00000256. The number of ether oxygens (including phenoxy) is 1. The monoisotopic (exact) mass is 421 g/mol. The number of rotatable bonds is 5. The van der Waals surface area contributed by atoms with Gasteiger partial charge in [0.2, 0.25) is 5.88 Å². The summed E-state index contributed by atoms with van der Waals surface area (Å²) in [6, 6.07) is 12.0. The maximum Gasteiger partial charge on any atom is 0.416 e. The van der Waals surface area contributed by atoms with Gasteiger partial charge in [0.25, 0.3) is 0 Å². The number of hydrogen-bond acceptors (Lipinski definition) is 5. The fourth-order valence-corrected chi connectivity index (χ4v) is 3.19. The minimum absolute atomic E-state index is 0. The molecule has 4 N–H and O–H groups in total. The van der Waals surface area contributed by atoms with Crippen LogP contribution in [0.4, 0.5) is 24.5 Å². The number of aliphatic hydroxyl groups is 1. The van der Waals surface area contributed by atoms with Crippen molar-refractivity contribution in [2.45, 2.75) is 6.18 Å². The van der Waals surface area contributed by atoms with Gasteiger partial charge < -0.3 is 20.6 Å². The third kappa shape index (κ3) is 3.80. The highest BCUT2D eigenvalue weighted by Gasteiger charge is 2.37. The Morgan fingerprint density at radius 3 is 2.43 bits per heavy atom. The van der Waals surface area contributed by atoms with Crippen molar-refractivity contribution in [3.8, 4) is 0 Å². The van der Waals surface area contributed by atoms with Crippen molar-refractivity contribution in [1.29, 1.82) is 0 Å². The SMILES string of the molecule is COCCNC1=CC2=C(O)N(c3ccc(C(F)(F)F)cc3)[N]N2c2ccccc21.O. The Morgan fingerprint density at radius 2 is 1.77 bits per heavy atom. The maximum atomic E-state index is 12.8. The summed E-state index contributed by atoms with van der Waals surface area (Å²) in [4.78, 5) is 0. The highest BCUT2D eigenvalue weighted by Crippen LogP contribution is 2.39. The number of halogens is 3. The number of fused-ring (bicyclic) bond motifs is 3.